The Balaban J connectivity index is 2.94. The van der Waals surface area contributed by atoms with Gasteiger partial charge in [0.15, 0.2) is 0 Å². The van der Waals surface area contributed by atoms with Gasteiger partial charge in [-0.3, -0.25) is 0 Å². The molecule has 0 nitrogen and oxygen atoms in total. The number of rotatable bonds is 1. The fourth-order valence-electron chi connectivity index (χ4n) is 1.17. The van der Waals surface area contributed by atoms with Crippen LogP contribution in [0.25, 0.3) is 6.08 Å². The lowest BCUT2D eigenvalue weighted by atomic mass is 9.87. The number of halogens is 1. The summed E-state index contributed by atoms with van der Waals surface area (Å²) in [6.45, 7) is 6.48. The van der Waals surface area contributed by atoms with Crippen LogP contribution in [0, 0.1) is 0 Å². The van der Waals surface area contributed by atoms with Crippen molar-refractivity contribution in [1.29, 1.82) is 0 Å². The predicted octanol–water partition coefficient (Wildman–Crippen LogP) is 3.92. The molecule has 0 aliphatic heterocycles. The summed E-state index contributed by atoms with van der Waals surface area (Å²) >= 11 is 0. The Morgan fingerprint density at radius 1 is 1.08 bits per heavy atom. The summed E-state index contributed by atoms with van der Waals surface area (Å²) in [7, 11) is 0. The van der Waals surface area contributed by atoms with E-state index in [0.717, 1.165) is 5.56 Å². The third kappa shape index (κ3) is 2.69. The van der Waals surface area contributed by atoms with Crippen LogP contribution in [0.15, 0.2) is 30.6 Å². The molecular formula is C12H15F. The molecule has 0 amide bonds. The van der Waals surface area contributed by atoms with Gasteiger partial charge >= 0.3 is 0 Å². The molecule has 0 atom stereocenters. The van der Waals surface area contributed by atoms with E-state index in [1.54, 1.807) is 0 Å². The van der Waals surface area contributed by atoms with Gasteiger partial charge in [0.2, 0.25) is 0 Å². The van der Waals surface area contributed by atoms with Crippen LogP contribution in [0.3, 0.4) is 0 Å². The van der Waals surface area contributed by atoms with E-state index in [4.69, 9.17) is 0 Å². The zero-order valence-electron chi connectivity index (χ0n) is 8.34. The van der Waals surface area contributed by atoms with E-state index in [2.05, 4.69) is 20.8 Å². The van der Waals surface area contributed by atoms with Crippen LogP contribution in [-0.4, -0.2) is 0 Å². The van der Waals surface area contributed by atoms with Crippen LogP contribution in [0.5, 0.6) is 0 Å². The second-order valence-corrected chi connectivity index (χ2v) is 4.16. The Labute approximate surface area is 79.1 Å². The van der Waals surface area contributed by atoms with Gasteiger partial charge in [-0.15, -0.1) is 0 Å². The van der Waals surface area contributed by atoms with E-state index >= 15 is 0 Å². The predicted molar refractivity (Wildman–Crippen MR) is 55.3 cm³/mol. The van der Waals surface area contributed by atoms with E-state index in [-0.39, 0.29) is 5.41 Å². The van der Waals surface area contributed by atoms with Crippen molar-refractivity contribution in [2.75, 3.05) is 0 Å². The first kappa shape index (κ1) is 9.97. The number of hydrogen-bond donors (Lipinski definition) is 0. The smallest absolute Gasteiger partial charge is 0.0872 e. The number of benzene rings is 1. The first-order valence-corrected chi connectivity index (χ1v) is 4.41. The van der Waals surface area contributed by atoms with Gasteiger partial charge in [0.25, 0.3) is 0 Å². The fourth-order valence-corrected chi connectivity index (χ4v) is 1.17. The summed E-state index contributed by atoms with van der Waals surface area (Å²) in [4.78, 5) is 0. The first-order chi connectivity index (χ1) is 6.04. The van der Waals surface area contributed by atoms with Crippen LogP contribution in [-0.2, 0) is 5.41 Å². The van der Waals surface area contributed by atoms with E-state index in [9.17, 15) is 4.39 Å². The van der Waals surface area contributed by atoms with Gasteiger partial charge in [-0.25, -0.2) is 4.39 Å². The minimum atomic E-state index is 0.165. The highest BCUT2D eigenvalue weighted by molar-refractivity contribution is 5.49. The van der Waals surface area contributed by atoms with Crippen LogP contribution >= 0.6 is 0 Å². The second-order valence-electron chi connectivity index (χ2n) is 4.16. The van der Waals surface area contributed by atoms with Crippen molar-refractivity contribution >= 4 is 6.08 Å². The van der Waals surface area contributed by atoms with E-state index < -0.39 is 0 Å². The third-order valence-corrected chi connectivity index (χ3v) is 2.03. The summed E-state index contributed by atoms with van der Waals surface area (Å²) in [5.41, 5.74) is 2.33. The average Bonchev–Trinajstić information content (AvgIpc) is 2.04. The second kappa shape index (κ2) is 3.73. The molecule has 0 radical (unpaired) electrons. The fraction of sp³-hybridized carbons (Fsp3) is 0.333. The van der Waals surface area contributed by atoms with Gasteiger partial charge in [-0.1, -0.05) is 45.0 Å². The van der Waals surface area contributed by atoms with Gasteiger partial charge in [-0.05, 0) is 22.6 Å². The van der Waals surface area contributed by atoms with Gasteiger partial charge in [0.05, 0.1) is 6.33 Å². The van der Waals surface area contributed by atoms with Gasteiger partial charge in [0.1, 0.15) is 0 Å². The maximum Gasteiger partial charge on any atom is 0.0872 e. The number of hydrogen-bond acceptors (Lipinski definition) is 0. The molecule has 0 heterocycles. The summed E-state index contributed by atoms with van der Waals surface area (Å²) in [5.74, 6) is 0. The van der Waals surface area contributed by atoms with E-state index in [1.807, 2.05) is 24.3 Å². The highest BCUT2D eigenvalue weighted by Gasteiger charge is 2.12. The maximum absolute atomic E-state index is 11.8. The van der Waals surface area contributed by atoms with Crippen molar-refractivity contribution in [2.45, 2.75) is 26.2 Å². The Hall–Kier alpha value is -1.11. The molecule has 0 aliphatic carbocycles. The molecule has 0 bridgehead atoms. The molecule has 1 rings (SSSR count). The molecule has 1 aromatic carbocycles. The van der Waals surface area contributed by atoms with Crippen molar-refractivity contribution in [2.24, 2.45) is 0 Å². The Bertz CT molecular complexity index is 288. The highest BCUT2D eigenvalue weighted by atomic mass is 19.1. The molecule has 1 aromatic rings. The molecule has 0 spiro atoms. The quantitative estimate of drug-likeness (QED) is 0.611. The minimum absolute atomic E-state index is 0.165. The summed E-state index contributed by atoms with van der Waals surface area (Å²) < 4.78 is 11.8. The van der Waals surface area contributed by atoms with Gasteiger partial charge < -0.3 is 0 Å². The molecule has 0 saturated heterocycles. The monoisotopic (exact) mass is 178 g/mol. The van der Waals surface area contributed by atoms with E-state index in [1.165, 1.54) is 11.6 Å². The van der Waals surface area contributed by atoms with Crippen molar-refractivity contribution < 1.29 is 4.39 Å². The molecule has 1 heteroatoms. The zero-order chi connectivity index (χ0) is 9.90. The Morgan fingerprint density at radius 2 is 1.62 bits per heavy atom. The molecular weight excluding hydrogens is 163 g/mol. The molecule has 0 unspecified atom stereocenters. The lowest BCUT2D eigenvalue weighted by Crippen LogP contribution is -2.10. The minimum Gasteiger partial charge on any atom is -0.216 e. The molecule has 0 fully saturated rings. The lowest BCUT2D eigenvalue weighted by Gasteiger charge is -2.18. The zero-order valence-corrected chi connectivity index (χ0v) is 8.34. The van der Waals surface area contributed by atoms with E-state index in [0.29, 0.717) is 6.33 Å². The normalized spacial score (nSPS) is 12.3. The van der Waals surface area contributed by atoms with Crippen LogP contribution in [0.4, 0.5) is 4.39 Å². The van der Waals surface area contributed by atoms with Crippen molar-refractivity contribution in [3.05, 3.63) is 41.7 Å². The SMILES string of the molecule is CC(C)(C)c1ccc(/C=C/F)cc1. The van der Waals surface area contributed by atoms with Crippen molar-refractivity contribution in [3.8, 4) is 0 Å². The lowest BCUT2D eigenvalue weighted by molar-refractivity contribution is 0.590. The first-order valence-electron chi connectivity index (χ1n) is 4.41. The summed E-state index contributed by atoms with van der Waals surface area (Å²) in [6.07, 6.45) is 2.01. The standard InChI is InChI=1S/C12H15F/c1-12(2,3)11-6-4-10(5-7-11)8-9-13/h4-9H,1-3H3/b9-8+. The topological polar surface area (TPSA) is 0 Å². The Kier molecular flexibility index (Phi) is 2.86. The van der Waals surface area contributed by atoms with Crippen molar-refractivity contribution in [3.63, 3.8) is 0 Å². The highest BCUT2D eigenvalue weighted by Crippen LogP contribution is 2.22. The van der Waals surface area contributed by atoms with Crippen LogP contribution < -0.4 is 0 Å². The third-order valence-electron chi connectivity index (χ3n) is 2.03. The largest absolute Gasteiger partial charge is 0.216 e. The van der Waals surface area contributed by atoms with Crippen LogP contribution in [0.1, 0.15) is 31.9 Å². The van der Waals surface area contributed by atoms with Gasteiger partial charge in [0, 0.05) is 0 Å². The average molecular weight is 178 g/mol. The summed E-state index contributed by atoms with van der Waals surface area (Å²) in [6, 6.07) is 7.93. The molecule has 0 N–H and O–H groups in total. The molecule has 13 heavy (non-hydrogen) atoms. The summed E-state index contributed by atoms with van der Waals surface area (Å²) in [5, 5.41) is 0. The molecule has 0 aliphatic rings. The Morgan fingerprint density at radius 3 is 2.00 bits per heavy atom. The molecule has 0 aromatic heterocycles. The van der Waals surface area contributed by atoms with Gasteiger partial charge in [-0.2, -0.15) is 0 Å². The van der Waals surface area contributed by atoms with Crippen molar-refractivity contribution in [1.82, 2.24) is 0 Å². The maximum atomic E-state index is 11.8. The van der Waals surface area contributed by atoms with Crippen LogP contribution in [0.2, 0.25) is 0 Å². The molecule has 0 saturated carbocycles. The molecule has 70 valence electrons.